The van der Waals surface area contributed by atoms with E-state index in [1.807, 2.05) is 18.6 Å². The van der Waals surface area contributed by atoms with Gasteiger partial charge in [0.25, 0.3) is 0 Å². The van der Waals surface area contributed by atoms with Crippen LogP contribution in [0.5, 0.6) is 0 Å². The van der Waals surface area contributed by atoms with Crippen molar-refractivity contribution in [3.63, 3.8) is 0 Å². The van der Waals surface area contributed by atoms with E-state index in [1.54, 1.807) is 36.0 Å². The van der Waals surface area contributed by atoms with Gasteiger partial charge in [-0.25, -0.2) is 4.79 Å². The Morgan fingerprint density at radius 2 is 1.38 bits per heavy atom. The molecule has 0 aliphatic heterocycles. The van der Waals surface area contributed by atoms with Crippen molar-refractivity contribution in [2.75, 3.05) is 30.6 Å². The minimum atomic E-state index is -1.21. The predicted molar refractivity (Wildman–Crippen MR) is 157 cm³/mol. The lowest BCUT2D eigenvalue weighted by Gasteiger charge is -2.25. The lowest BCUT2D eigenvalue weighted by Crippen LogP contribution is -2.57. The van der Waals surface area contributed by atoms with Crippen LogP contribution in [0.15, 0.2) is 35.3 Å². The summed E-state index contributed by atoms with van der Waals surface area (Å²) in [4.78, 5) is 54.8. The molecular formula is C25H41N7O5S2. The largest absolute Gasteiger partial charge is 0.480 e. The van der Waals surface area contributed by atoms with E-state index in [-0.39, 0.29) is 25.3 Å². The molecule has 1 aromatic rings. The van der Waals surface area contributed by atoms with Gasteiger partial charge in [-0.05, 0) is 55.3 Å². The van der Waals surface area contributed by atoms with Crippen LogP contribution in [-0.2, 0) is 25.6 Å². The fraction of sp³-hybridized carbons (Fsp3) is 0.560. The molecule has 0 aromatic heterocycles. The highest BCUT2D eigenvalue weighted by atomic mass is 32.2. The van der Waals surface area contributed by atoms with Gasteiger partial charge in [0.05, 0.1) is 6.04 Å². The van der Waals surface area contributed by atoms with Gasteiger partial charge in [-0.15, -0.1) is 0 Å². The van der Waals surface area contributed by atoms with Gasteiger partial charge in [-0.2, -0.15) is 23.5 Å². The van der Waals surface area contributed by atoms with Gasteiger partial charge in [0.15, 0.2) is 5.96 Å². The first-order chi connectivity index (χ1) is 18.6. The van der Waals surface area contributed by atoms with Crippen molar-refractivity contribution in [3.05, 3.63) is 35.9 Å². The number of carboxylic acids is 1. The monoisotopic (exact) mass is 583 g/mol. The average molecular weight is 584 g/mol. The summed E-state index contributed by atoms with van der Waals surface area (Å²) in [5, 5.41) is 17.6. The molecule has 0 radical (unpaired) electrons. The van der Waals surface area contributed by atoms with Crippen LogP contribution in [-0.4, -0.2) is 89.5 Å². The topological polar surface area (TPSA) is 215 Å². The molecule has 218 valence electrons. The quantitative estimate of drug-likeness (QED) is 0.0638. The molecule has 0 spiro atoms. The Labute approximate surface area is 238 Å². The van der Waals surface area contributed by atoms with Crippen LogP contribution in [0.2, 0.25) is 0 Å². The van der Waals surface area contributed by atoms with Gasteiger partial charge in [0, 0.05) is 13.0 Å². The van der Waals surface area contributed by atoms with Crippen LogP contribution < -0.4 is 33.2 Å². The smallest absolute Gasteiger partial charge is 0.326 e. The Balaban J connectivity index is 3.03. The molecule has 3 amide bonds. The number of rotatable bonds is 19. The van der Waals surface area contributed by atoms with E-state index < -0.39 is 47.9 Å². The van der Waals surface area contributed by atoms with Crippen molar-refractivity contribution in [1.29, 1.82) is 0 Å². The van der Waals surface area contributed by atoms with Crippen LogP contribution in [0.3, 0.4) is 0 Å². The molecule has 1 rings (SSSR count). The van der Waals surface area contributed by atoms with Crippen molar-refractivity contribution >= 4 is 53.2 Å². The number of carboxylic acid groups (broad SMARTS) is 1. The molecule has 14 heteroatoms. The van der Waals surface area contributed by atoms with E-state index in [0.717, 1.165) is 5.56 Å². The molecule has 10 N–H and O–H groups in total. The molecule has 4 unspecified atom stereocenters. The first-order valence-electron chi connectivity index (χ1n) is 12.6. The third-order valence-electron chi connectivity index (χ3n) is 5.69. The zero-order chi connectivity index (χ0) is 29.2. The molecule has 0 aliphatic rings. The minimum Gasteiger partial charge on any atom is -0.480 e. The van der Waals surface area contributed by atoms with Gasteiger partial charge >= 0.3 is 5.97 Å². The van der Waals surface area contributed by atoms with E-state index in [0.29, 0.717) is 30.8 Å². The summed E-state index contributed by atoms with van der Waals surface area (Å²) in [5.41, 5.74) is 17.4. The Morgan fingerprint density at radius 1 is 0.846 bits per heavy atom. The van der Waals surface area contributed by atoms with E-state index in [1.165, 1.54) is 11.8 Å². The fourth-order valence-electron chi connectivity index (χ4n) is 3.53. The number of nitrogens with one attached hydrogen (secondary N) is 3. The van der Waals surface area contributed by atoms with Crippen LogP contribution in [0.4, 0.5) is 0 Å². The maximum absolute atomic E-state index is 13.2. The molecule has 39 heavy (non-hydrogen) atoms. The molecular weight excluding hydrogens is 542 g/mol. The van der Waals surface area contributed by atoms with Gasteiger partial charge < -0.3 is 38.3 Å². The van der Waals surface area contributed by atoms with E-state index >= 15 is 0 Å². The number of nitrogens with zero attached hydrogens (tertiary/aromatic N) is 1. The van der Waals surface area contributed by atoms with Crippen LogP contribution >= 0.6 is 23.5 Å². The molecule has 1 aromatic carbocycles. The summed E-state index contributed by atoms with van der Waals surface area (Å²) in [6, 6.07) is 4.91. The van der Waals surface area contributed by atoms with Crippen molar-refractivity contribution in [1.82, 2.24) is 16.0 Å². The number of amides is 3. The summed E-state index contributed by atoms with van der Waals surface area (Å²) in [5.74, 6) is -1.71. The number of benzene rings is 1. The number of aliphatic imine (C=N–C) groups is 1. The third kappa shape index (κ3) is 14.1. The van der Waals surface area contributed by atoms with Crippen LogP contribution in [0, 0.1) is 0 Å². The molecule has 12 nitrogen and oxygen atoms in total. The predicted octanol–water partition coefficient (Wildman–Crippen LogP) is -0.345. The molecule has 0 bridgehead atoms. The maximum atomic E-state index is 13.2. The second-order valence-corrected chi connectivity index (χ2v) is 10.8. The second kappa shape index (κ2) is 19.1. The highest BCUT2D eigenvalue weighted by Crippen LogP contribution is 2.08. The number of hydrogen-bond acceptors (Lipinski definition) is 8. The average Bonchev–Trinajstić information content (AvgIpc) is 2.90. The van der Waals surface area contributed by atoms with E-state index in [2.05, 4.69) is 20.9 Å². The summed E-state index contributed by atoms with van der Waals surface area (Å²) < 4.78 is 0. The van der Waals surface area contributed by atoms with E-state index in [4.69, 9.17) is 17.2 Å². The fourth-order valence-corrected chi connectivity index (χ4v) is 4.49. The molecule has 0 aliphatic carbocycles. The second-order valence-electron chi connectivity index (χ2n) is 8.83. The molecule has 0 saturated heterocycles. The number of thioether (sulfide) groups is 2. The minimum absolute atomic E-state index is 0.0664. The maximum Gasteiger partial charge on any atom is 0.326 e. The van der Waals surface area contributed by atoms with Crippen molar-refractivity contribution in [2.45, 2.75) is 56.3 Å². The number of hydrogen-bond donors (Lipinski definition) is 7. The molecule has 0 heterocycles. The van der Waals surface area contributed by atoms with E-state index in [9.17, 15) is 24.3 Å². The highest BCUT2D eigenvalue weighted by molar-refractivity contribution is 7.98. The standard InChI is InChI=1S/C25H41N7O5S2/c1-38-13-10-17(26)21(33)30-19(11-14-39-2)23(35)31-18(9-6-12-29-25(27)28)22(34)32-20(24(36)37)15-16-7-4-3-5-8-16/h3-5,7-8,17-20H,6,9-15,26H2,1-2H3,(H,30,33)(H,31,35)(H,32,34)(H,36,37)(H4,27,28,29). The Hall–Kier alpha value is -2.97. The Bertz CT molecular complexity index is 948. The first kappa shape index (κ1) is 34.1. The van der Waals surface area contributed by atoms with Gasteiger partial charge in [0.2, 0.25) is 17.7 Å². The van der Waals surface area contributed by atoms with Gasteiger partial charge in [0.1, 0.15) is 18.1 Å². The van der Waals surface area contributed by atoms with Crippen molar-refractivity contribution in [3.8, 4) is 0 Å². The Kier molecular flexibility index (Phi) is 16.7. The van der Waals surface area contributed by atoms with Gasteiger partial charge in [-0.3, -0.25) is 19.4 Å². The summed E-state index contributed by atoms with van der Waals surface area (Å²) >= 11 is 3.07. The lowest BCUT2D eigenvalue weighted by molar-refractivity contribution is -0.142. The molecule has 4 atom stereocenters. The summed E-state index contributed by atoms with van der Waals surface area (Å²) in [6.07, 6.45) is 5.11. The van der Waals surface area contributed by atoms with Gasteiger partial charge in [-0.1, -0.05) is 30.3 Å². The molecule has 0 fully saturated rings. The number of carbonyl (C=O) groups is 4. The molecule has 0 saturated carbocycles. The normalized spacial score (nSPS) is 13.8. The number of guanidine groups is 1. The van der Waals surface area contributed by atoms with Crippen LogP contribution in [0.25, 0.3) is 0 Å². The third-order valence-corrected chi connectivity index (χ3v) is 6.98. The lowest BCUT2D eigenvalue weighted by atomic mass is 10.0. The van der Waals surface area contributed by atoms with Crippen LogP contribution in [0.1, 0.15) is 31.2 Å². The highest BCUT2D eigenvalue weighted by Gasteiger charge is 2.30. The zero-order valence-corrected chi connectivity index (χ0v) is 24.1. The first-order valence-corrected chi connectivity index (χ1v) is 15.3. The summed E-state index contributed by atoms with van der Waals surface area (Å²) in [7, 11) is 0. The zero-order valence-electron chi connectivity index (χ0n) is 22.4. The number of aliphatic carboxylic acids is 1. The summed E-state index contributed by atoms with van der Waals surface area (Å²) in [6.45, 7) is 0.214. The Morgan fingerprint density at radius 3 is 1.95 bits per heavy atom. The van der Waals surface area contributed by atoms with Crippen molar-refractivity contribution in [2.24, 2.45) is 22.2 Å². The number of carbonyl (C=O) groups excluding carboxylic acids is 3. The number of nitrogens with two attached hydrogens (primary N) is 3. The van der Waals surface area contributed by atoms with Crippen molar-refractivity contribution < 1.29 is 24.3 Å². The SMILES string of the molecule is CSCCC(N)C(=O)NC(CCSC)C(=O)NC(CCCN=C(N)N)C(=O)NC(Cc1ccccc1)C(=O)O.